The van der Waals surface area contributed by atoms with E-state index < -0.39 is 0 Å². The summed E-state index contributed by atoms with van der Waals surface area (Å²) in [4.78, 5) is 2.05. The number of hydrogen-bond acceptors (Lipinski definition) is 2. The monoisotopic (exact) mass is 272 g/mol. The van der Waals surface area contributed by atoms with E-state index in [1.54, 1.807) is 6.07 Å². The number of nitrogens with two attached hydrogens (primary N) is 1. The number of halogens is 1. The SMILES string of the molecule is Cc1ccc(CN(CCCN)c2ccccc2F)cc1. The van der Waals surface area contributed by atoms with Crippen LogP contribution in [0.25, 0.3) is 0 Å². The Bertz CT molecular complexity index is 537. The number of nitrogens with zero attached hydrogens (tertiary/aromatic N) is 1. The summed E-state index contributed by atoms with van der Waals surface area (Å²) in [5, 5.41) is 0. The standard InChI is InChI=1S/C17H21FN2/c1-14-7-9-15(10-8-14)13-20(12-4-11-19)17-6-3-2-5-16(17)18/h2-3,5-10H,4,11-13,19H2,1H3. The van der Waals surface area contributed by atoms with Gasteiger partial charge in [0.15, 0.2) is 0 Å². The fourth-order valence-corrected chi connectivity index (χ4v) is 2.19. The van der Waals surface area contributed by atoms with Crippen molar-refractivity contribution in [2.24, 2.45) is 5.73 Å². The van der Waals surface area contributed by atoms with E-state index in [2.05, 4.69) is 31.2 Å². The summed E-state index contributed by atoms with van der Waals surface area (Å²) in [5.74, 6) is -0.184. The van der Waals surface area contributed by atoms with E-state index in [9.17, 15) is 4.39 Å². The first kappa shape index (κ1) is 14.5. The first-order valence-corrected chi connectivity index (χ1v) is 6.96. The molecule has 0 aliphatic carbocycles. The van der Waals surface area contributed by atoms with Gasteiger partial charge in [0.2, 0.25) is 0 Å². The summed E-state index contributed by atoms with van der Waals surface area (Å²) in [6, 6.07) is 15.2. The van der Waals surface area contributed by atoms with E-state index in [1.807, 2.05) is 17.0 Å². The summed E-state index contributed by atoms with van der Waals surface area (Å²) in [5.41, 5.74) is 8.63. The van der Waals surface area contributed by atoms with Gasteiger partial charge in [-0.25, -0.2) is 4.39 Å². The highest BCUT2D eigenvalue weighted by Crippen LogP contribution is 2.21. The van der Waals surface area contributed by atoms with E-state index in [0.717, 1.165) is 13.0 Å². The third-order valence-electron chi connectivity index (χ3n) is 3.32. The molecule has 0 unspecified atom stereocenters. The van der Waals surface area contributed by atoms with Crippen molar-refractivity contribution in [3.63, 3.8) is 0 Å². The molecule has 0 heterocycles. The average Bonchev–Trinajstić information content (AvgIpc) is 2.46. The Morgan fingerprint density at radius 1 is 1.05 bits per heavy atom. The third kappa shape index (κ3) is 3.81. The second-order valence-electron chi connectivity index (χ2n) is 5.00. The zero-order valence-electron chi connectivity index (χ0n) is 11.8. The second-order valence-corrected chi connectivity index (χ2v) is 5.00. The smallest absolute Gasteiger partial charge is 0.146 e. The van der Waals surface area contributed by atoms with Gasteiger partial charge in [-0.1, -0.05) is 42.0 Å². The fraction of sp³-hybridized carbons (Fsp3) is 0.294. The molecule has 0 aliphatic heterocycles. The molecule has 20 heavy (non-hydrogen) atoms. The minimum atomic E-state index is -0.184. The van der Waals surface area contributed by atoms with Crippen molar-refractivity contribution in [2.75, 3.05) is 18.0 Å². The molecule has 0 saturated heterocycles. The average molecular weight is 272 g/mol. The molecule has 2 aromatic rings. The number of para-hydroxylation sites is 1. The second kappa shape index (κ2) is 7.06. The largest absolute Gasteiger partial charge is 0.365 e. The van der Waals surface area contributed by atoms with Crippen LogP contribution in [0.5, 0.6) is 0 Å². The van der Waals surface area contributed by atoms with E-state index in [4.69, 9.17) is 5.73 Å². The van der Waals surface area contributed by atoms with Crippen LogP contribution >= 0.6 is 0 Å². The molecular formula is C17H21FN2. The molecule has 2 nitrogen and oxygen atoms in total. The van der Waals surface area contributed by atoms with Gasteiger partial charge in [-0.3, -0.25) is 0 Å². The maximum absolute atomic E-state index is 14.0. The molecule has 0 aliphatic rings. The molecule has 0 saturated carbocycles. The van der Waals surface area contributed by atoms with Gasteiger partial charge in [0.1, 0.15) is 5.82 Å². The molecule has 0 atom stereocenters. The lowest BCUT2D eigenvalue weighted by molar-refractivity contribution is 0.612. The summed E-state index contributed by atoms with van der Waals surface area (Å²) in [7, 11) is 0. The van der Waals surface area contributed by atoms with Gasteiger partial charge in [-0.15, -0.1) is 0 Å². The van der Waals surface area contributed by atoms with Crippen molar-refractivity contribution in [1.29, 1.82) is 0 Å². The molecule has 0 fully saturated rings. The molecule has 0 radical (unpaired) electrons. The molecule has 2 aromatic carbocycles. The summed E-state index contributed by atoms with van der Waals surface area (Å²) >= 11 is 0. The zero-order valence-corrected chi connectivity index (χ0v) is 11.8. The van der Waals surface area contributed by atoms with Gasteiger partial charge in [-0.05, 0) is 37.6 Å². The van der Waals surface area contributed by atoms with Crippen LogP contribution < -0.4 is 10.6 Å². The van der Waals surface area contributed by atoms with Crippen LogP contribution in [0, 0.1) is 12.7 Å². The van der Waals surface area contributed by atoms with E-state index in [-0.39, 0.29) is 5.82 Å². The normalized spacial score (nSPS) is 10.6. The predicted octanol–water partition coefficient (Wildman–Crippen LogP) is 3.49. The molecule has 3 heteroatoms. The topological polar surface area (TPSA) is 29.3 Å². The van der Waals surface area contributed by atoms with Gasteiger partial charge in [0, 0.05) is 13.1 Å². The van der Waals surface area contributed by atoms with Crippen LogP contribution in [-0.4, -0.2) is 13.1 Å². The van der Waals surface area contributed by atoms with Crippen molar-refractivity contribution in [2.45, 2.75) is 19.9 Å². The Labute approximate surface area is 120 Å². The Morgan fingerprint density at radius 2 is 1.75 bits per heavy atom. The van der Waals surface area contributed by atoms with Gasteiger partial charge >= 0.3 is 0 Å². The number of anilines is 1. The van der Waals surface area contributed by atoms with Crippen LogP contribution in [0.2, 0.25) is 0 Å². The van der Waals surface area contributed by atoms with Gasteiger partial charge in [-0.2, -0.15) is 0 Å². The van der Waals surface area contributed by atoms with Crippen molar-refractivity contribution < 1.29 is 4.39 Å². The van der Waals surface area contributed by atoms with Crippen LogP contribution in [0.3, 0.4) is 0 Å². The Kier molecular flexibility index (Phi) is 5.13. The highest BCUT2D eigenvalue weighted by atomic mass is 19.1. The molecular weight excluding hydrogens is 251 g/mol. The molecule has 0 aromatic heterocycles. The predicted molar refractivity (Wildman–Crippen MR) is 82.3 cm³/mol. The van der Waals surface area contributed by atoms with E-state index in [0.29, 0.717) is 18.8 Å². The minimum Gasteiger partial charge on any atom is -0.365 e. The highest BCUT2D eigenvalue weighted by Gasteiger charge is 2.11. The maximum atomic E-state index is 14.0. The number of aryl methyl sites for hydroxylation is 1. The van der Waals surface area contributed by atoms with Crippen molar-refractivity contribution in [1.82, 2.24) is 0 Å². The first-order valence-electron chi connectivity index (χ1n) is 6.96. The van der Waals surface area contributed by atoms with Crippen molar-refractivity contribution >= 4 is 5.69 Å². The van der Waals surface area contributed by atoms with Crippen LogP contribution in [-0.2, 0) is 6.54 Å². The third-order valence-corrected chi connectivity index (χ3v) is 3.32. The fourth-order valence-electron chi connectivity index (χ4n) is 2.19. The number of hydrogen-bond donors (Lipinski definition) is 1. The summed E-state index contributed by atoms with van der Waals surface area (Å²) < 4.78 is 14.0. The molecule has 0 bridgehead atoms. The first-order chi connectivity index (χ1) is 9.70. The zero-order chi connectivity index (χ0) is 14.4. The van der Waals surface area contributed by atoms with Gasteiger partial charge < -0.3 is 10.6 Å². The van der Waals surface area contributed by atoms with Crippen LogP contribution in [0.1, 0.15) is 17.5 Å². The van der Waals surface area contributed by atoms with Gasteiger partial charge in [0.25, 0.3) is 0 Å². The molecule has 106 valence electrons. The highest BCUT2D eigenvalue weighted by molar-refractivity contribution is 5.48. The van der Waals surface area contributed by atoms with Gasteiger partial charge in [0.05, 0.1) is 5.69 Å². The van der Waals surface area contributed by atoms with E-state index >= 15 is 0 Å². The van der Waals surface area contributed by atoms with Crippen molar-refractivity contribution in [3.05, 3.63) is 65.5 Å². The lowest BCUT2D eigenvalue weighted by atomic mass is 10.1. The lowest BCUT2D eigenvalue weighted by Crippen LogP contribution is -2.26. The molecule has 0 spiro atoms. The minimum absolute atomic E-state index is 0.184. The maximum Gasteiger partial charge on any atom is 0.146 e. The molecule has 0 amide bonds. The Hall–Kier alpha value is -1.87. The van der Waals surface area contributed by atoms with Crippen LogP contribution in [0.15, 0.2) is 48.5 Å². The number of benzene rings is 2. The quantitative estimate of drug-likeness (QED) is 0.872. The lowest BCUT2D eigenvalue weighted by Gasteiger charge is -2.25. The Morgan fingerprint density at radius 3 is 2.40 bits per heavy atom. The number of rotatable bonds is 6. The van der Waals surface area contributed by atoms with Crippen LogP contribution in [0.4, 0.5) is 10.1 Å². The summed E-state index contributed by atoms with van der Waals surface area (Å²) in [6.45, 7) is 4.12. The van der Waals surface area contributed by atoms with E-state index in [1.165, 1.54) is 17.2 Å². The Balaban J connectivity index is 2.19. The van der Waals surface area contributed by atoms with Crippen molar-refractivity contribution in [3.8, 4) is 0 Å². The molecule has 2 N–H and O–H groups in total. The summed E-state index contributed by atoms with van der Waals surface area (Å²) in [6.07, 6.45) is 0.847. The molecule has 2 rings (SSSR count).